The van der Waals surface area contributed by atoms with E-state index in [0.29, 0.717) is 55.2 Å². The van der Waals surface area contributed by atoms with Crippen molar-refractivity contribution < 1.29 is 4.79 Å². The lowest BCUT2D eigenvalue weighted by Gasteiger charge is -2.35. The Morgan fingerprint density at radius 1 is 0.944 bits per heavy atom. The Hall–Kier alpha value is -3.16. The molecule has 0 bridgehead atoms. The minimum atomic E-state index is -0.131. The molecule has 0 spiro atoms. The molecule has 2 aliphatic rings. The van der Waals surface area contributed by atoms with E-state index in [4.69, 9.17) is 16.6 Å². The van der Waals surface area contributed by atoms with Gasteiger partial charge in [-0.05, 0) is 68.1 Å². The molecule has 1 N–H and O–H groups in total. The molecule has 1 aromatic heterocycles. The average molecular weight is 506 g/mol. The lowest BCUT2D eigenvalue weighted by Crippen LogP contribution is -2.49. The van der Waals surface area contributed by atoms with E-state index < -0.39 is 0 Å². The molecule has 0 atom stereocenters. The maximum absolute atomic E-state index is 12.8. The maximum atomic E-state index is 12.8. The molecular weight excluding hydrogens is 474 g/mol. The first kappa shape index (κ1) is 24.5. The molecule has 8 heteroatoms. The Kier molecular flexibility index (Phi) is 7.68. The van der Waals surface area contributed by atoms with Gasteiger partial charge < -0.3 is 9.80 Å². The zero-order valence-corrected chi connectivity index (χ0v) is 21.2. The number of carbonyl (C=O) groups is 1. The molecule has 36 heavy (non-hydrogen) atoms. The van der Waals surface area contributed by atoms with Gasteiger partial charge >= 0.3 is 0 Å². The average Bonchev–Trinajstić information content (AvgIpc) is 2.90. The summed E-state index contributed by atoms with van der Waals surface area (Å²) in [4.78, 5) is 39.2. The number of hydrogen-bond donors (Lipinski definition) is 1. The molecule has 0 saturated carbocycles. The number of nitrogens with one attached hydrogen (secondary N) is 1. The van der Waals surface area contributed by atoms with Gasteiger partial charge in [-0.2, -0.15) is 0 Å². The first-order valence-corrected chi connectivity index (χ1v) is 13.1. The molecule has 0 unspecified atom stereocenters. The Morgan fingerprint density at radius 3 is 2.33 bits per heavy atom. The van der Waals surface area contributed by atoms with E-state index in [-0.39, 0.29) is 11.5 Å². The third-order valence-electron chi connectivity index (χ3n) is 7.20. The van der Waals surface area contributed by atoms with Crippen LogP contribution in [0.2, 0.25) is 5.02 Å². The number of likely N-dealkylation sites (tertiary alicyclic amines) is 1. The van der Waals surface area contributed by atoms with Gasteiger partial charge in [0.15, 0.2) is 0 Å². The molecule has 2 aliphatic heterocycles. The fourth-order valence-electron chi connectivity index (χ4n) is 5.15. The van der Waals surface area contributed by atoms with Gasteiger partial charge in [0.25, 0.3) is 11.5 Å². The number of benzene rings is 2. The van der Waals surface area contributed by atoms with Crippen LogP contribution in [-0.2, 0) is 13.0 Å². The van der Waals surface area contributed by atoms with Crippen molar-refractivity contribution in [2.45, 2.75) is 25.8 Å². The van der Waals surface area contributed by atoms with Crippen LogP contribution in [0.4, 0.5) is 5.95 Å². The second-order valence-corrected chi connectivity index (χ2v) is 10.2. The van der Waals surface area contributed by atoms with E-state index in [1.807, 2.05) is 4.90 Å². The third-order valence-corrected chi connectivity index (χ3v) is 7.45. The van der Waals surface area contributed by atoms with Gasteiger partial charge in [0.2, 0.25) is 5.95 Å². The van der Waals surface area contributed by atoms with E-state index in [1.54, 1.807) is 30.3 Å². The summed E-state index contributed by atoms with van der Waals surface area (Å²) in [7, 11) is 0. The van der Waals surface area contributed by atoms with Crippen LogP contribution in [0, 0.1) is 5.92 Å². The number of anilines is 1. The highest BCUT2D eigenvalue weighted by Gasteiger charge is 2.24. The second kappa shape index (κ2) is 11.3. The summed E-state index contributed by atoms with van der Waals surface area (Å²) in [6.07, 6.45) is 3.46. The van der Waals surface area contributed by atoms with E-state index in [1.165, 1.54) is 5.56 Å². The topological polar surface area (TPSA) is 72.5 Å². The summed E-state index contributed by atoms with van der Waals surface area (Å²) in [5.41, 5.74) is 2.71. The fourth-order valence-corrected chi connectivity index (χ4v) is 5.27. The van der Waals surface area contributed by atoms with Crippen LogP contribution in [0.15, 0.2) is 65.5 Å². The van der Waals surface area contributed by atoms with Crippen molar-refractivity contribution in [3.8, 4) is 0 Å². The summed E-state index contributed by atoms with van der Waals surface area (Å²) in [5, 5.41) is 0.614. The smallest absolute Gasteiger partial charge is 0.253 e. The Bertz CT molecular complexity index is 1210. The summed E-state index contributed by atoms with van der Waals surface area (Å²) in [6.45, 7) is 5.12. The molecule has 2 aromatic carbocycles. The number of hydrogen-bond acceptors (Lipinski definition) is 5. The third kappa shape index (κ3) is 6.15. The Balaban J connectivity index is 1.15. The molecule has 188 valence electrons. The molecule has 1 amide bonds. The van der Waals surface area contributed by atoms with Gasteiger partial charge in [-0.1, -0.05) is 41.9 Å². The molecule has 2 saturated heterocycles. The van der Waals surface area contributed by atoms with Crippen LogP contribution in [0.3, 0.4) is 0 Å². The van der Waals surface area contributed by atoms with E-state index in [0.717, 1.165) is 38.0 Å². The van der Waals surface area contributed by atoms with Crippen molar-refractivity contribution in [2.75, 3.05) is 44.2 Å². The number of aromatic nitrogens is 2. The summed E-state index contributed by atoms with van der Waals surface area (Å²) in [6, 6.07) is 19.3. The van der Waals surface area contributed by atoms with Crippen LogP contribution in [-0.4, -0.2) is 64.9 Å². The highest BCUT2D eigenvalue weighted by molar-refractivity contribution is 6.30. The predicted octanol–water partition coefficient (Wildman–Crippen LogP) is 3.84. The van der Waals surface area contributed by atoms with Crippen molar-refractivity contribution in [1.82, 2.24) is 19.8 Å². The second-order valence-electron chi connectivity index (χ2n) is 9.76. The minimum Gasteiger partial charge on any atom is -0.339 e. The molecular formula is C28H32ClN5O2. The first-order valence-electron chi connectivity index (χ1n) is 12.7. The predicted molar refractivity (Wildman–Crippen MR) is 143 cm³/mol. The SMILES string of the molecule is O=C(c1ccc(Cl)cc1)N1CCN(c2nc(CN3CCC(Cc4ccccc4)CC3)cc(=O)[nH]2)CC1. The standard InChI is InChI=1S/C28H32ClN5O2/c29-24-8-6-23(7-9-24)27(36)33-14-16-34(17-15-33)28-30-25(19-26(35)31-28)20-32-12-10-22(11-13-32)18-21-4-2-1-3-5-21/h1-9,19,22H,10-18,20H2,(H,30,31,35). The number of piperazine rings is 1. The van der Waals surface area contributed by atoms with E-state index in [9.17, 15) is 9.59 Å². The summed E-state index contributed by atoms with van der Waals surface area (Å²) >= 11 is 5.94. The van der Waals surface area contributed by atoms with E-state index in [2.05, 4.69) is 45.1 Å². The largest absolute Gasteiger partial charge is 0.339 e. The van der Waals surface area contributed by atoms with Crippen LogP contribution < -0.4 is 10.5 Å². The van der Waals surface area contributed by atoms with Crippen molar-refractivity contribution in [3.05, 3.63) is 92.9 Å². The minimum absolute atomic E-state index is 0.00260. The highest BCUT2D eigenvalue weighted by atomic mass is 35.5. The molecule has 3 aromatic rings. The number of piperidine rings is 1. The Morgan fingerprint density at radius 2 is 1.64 bits per heavy atom. The molecule has 3 heterocycles. The van der Waals surface area contributed by atoms with Gasteiger partial charge in [0, 0.05) is 49.4 Å². The summed E-state index contributed by atoms with van der Waals surface area (Å²) < 4.78 is 0. The zero-order valence-electron chi connectivity index (χ0n) is 20.4. The van der Waals surface area contributed by atoms with Gasteiger partial charge in [0.1, 0.15) is 0 Å². The normalized spacial score (nSPS) is 17.4. The lowest BCUT2D eigenvalue weighted by atomic mass is 9.90. The van der Waals surface area contributed by atoms with Crippen molar-refractivity contribution >= 4 is 23.5 Å². The van der Waals surface area contributed by atoms with Crippen LogP contribution >= 0.6 is 11.6 Å². The van der Waals surface area contributed by atoms with Crippen molar-refractivity contribution in [2.24, 2.45) is 5.92 Å². The highest BCUT2D eigenvalue weighted by Crippen LogP contribution is 2.23. The Labute approximate surface area is 216 Å². The number of halogens is 1. The number of H-pyrrole nitrogens is 1. The van der Waals surface area contributed by atoms with Crippen molar-refractivity contribution in [1.29, 1.82) is 0 Å². The van der Waals surface area contributed by atoms with Gasteiger partial charge in [0.05, 0.1) is 5.69 Å². The van der Waals surface area contributed by atoms with Gasteiger partial charge in [-0.3, -0.25) is 19.5 Å². The number of amides is 1. The first-order chi connectivity index (χ1) is 17.5. The maximum Gasteiger partial charge on any atom is 0.253 e. The molecule has 2 fully saturated rings. The quantitative estimate of drug-likeness (QED) is 0.551. The number of rotatable bonds is 6. The monoisotopic (exact) mass is 505 g/mol. The fraction of sp³-hybridized carbons (Fsp3) is 0.393. The number of nitrogens with zero attached hydrogens (tertiary/aromatic N) is 4. The number of carbonyl (C=O) groups excluding carboxylic acids is 1. The van der Waals surface area contributed by atoms with Crippen LogP contribution in [0.1, 0.15) is 34.5 Å². The van der Waals surface area contributed by atoms with Crippen LogP contribution in [0.5, 0.6) is 0 Å². The molecule has 0 aliphatic carbocycles. The molecule has 7 nitrogen and oxygen atoms in total. The van der Waals surface area contributed by atoms with Crippen LogP contribution in [0.25, 0.3) is 0 Å². The van der Waals surface area contributed by atoms with Gasteiger partial charge in [-0.25, -0.2) is 4.98 Å². The summed E-state index contributed by atoms with van der Waals surface area (Å²) in [5.74, 6) is 1.30. The van der Waals surface area contributed by atoms with E-state index >= 15 is 0 Å². The molecule has 5 rings (SSSR count). The zero-order chi connectivity index (χ0) is 24.9. The van der Waals surface area contributed by atoms with Gasteiger partial charge in [-0.15, -0.1) is 0 Å². The molecule has 0 radical (unpaired) electrons. The lowest BCUT2D eigenvalue weighted by molar-refractivity contribution is 0.0746. The van der Waals surface area contributed by atoms with Crippen molar-refractivity contribution in [3.63, 3.8) is 0 Å². The number of aromatic amines is 1.